The van der Waals surface area contributed by atoms with Crippen molar-refractivity contribution < 1.29 is 28.7 Å². The van der Waals surface area contributed by atoms with Crippen molar-refractivity contribution in [2.24, 2.45) is 0 Å². The Morgan fingerprint density at radius 1 is 0.821 bits per heavy atom. The van der Waals surface area contributed by atoms with Crippen LogP contribution in [0.3, 0.4) is 0 Å². The van der Waals surface area contributed by atoms with Crippen molar-refractivity contribution in [3.8, 4) is 0 Å². The summed E-state index contributed by atoms with van der Waals surface area (Å²) in [6.45, 7) is 7.05. The van der Waals surface area contributed by atoms with E-state index in [0.717, 1.165) is 49.5 Å². The number of carbonyl (C=O) groups is 4. The highest BCUT2D eigenvalue weighted by Crippen LogP contribution is 2.20. The summed E-state index contributed by atoms with van der Waals surface area (Å²) in [6, 6.07) is 16.4. The fraction of sp³-hybridized carbons (Fsp3) is 0.419. The van der Waals surface area contributed by atoms with E-state index in [1.165, 1.54) is 11.8 Å². The van der Waals surface area contributed by atoms with Gasteiger partial charge < -0.3 is 14.4 Å². The van der Waals surface area contributed by atoms with Crippen molar-refractivity contribution in [3.05, 3.63) is 78.4 Å². The zero-order chi connectivity index (χ0) is 28.3. The molecule has 0 aromatic heterocycles. The molecule has 8 heteroatoms. The predicted molar refractivity (Wildman–Crippen MR) is 154 cm³/mol. The van der Waals surface area contributed by atoms with Gasteiger partial charge in [0.05, 0.1) is 25.4 Å². The molecule has 2 rings (SSSR count). The highest BCUT2D eigenvalue weighted by Gasteiger charge is 2.16. The molecule has 1 amide bonds. The molecule has 39 heavy (non-hydrogen) atoms. The van der Waals surface area contributed by atoms with Crippen LogP contribution < -0.4 is 0 Å². The van der Waals surface area contributed by atoms with Crippen LogP contribution in [0, 0.1) is 0 Å². The maximum absolute atomic E-state index is 12.9. The van der Waals surface area contributed by atoms with Crippen LogP contribution >= 0.6 is 11.8 Å². The Labute approximate surface area is 235 Å². The quantitative estimate of drug-likeness (QED) is 0.0707. The van der Waals surface area contributed by atoms with Crippen LogP contribution in [0.15, 0.2) is 72.1 Å². The number of nitrogens with zero attached hydrogens (tertiary/aromatic N) is 1. The van der Waals surface area contributed by atoms with E-state index in [4.69, 9.17) is 9.47 Å². The number of hydrogen-bond donors (Lipinski definition) is 0. The summed E-state index contributed by atoms with van der Waals surface area (Å²) in [7, 11) is 0. The number of hydrogen-bond acceptors (Lipinski definition) is 7. The Bertz CT molecular complexity index is 1050. The molecule has 0 spiro atoms. The zero-order valence-electron chi connectivity index (χ0n) is 22.8. The Morgan fingerprint density at radius 3 is 2.10 bits per heavy atom. The maximum Gasteiger partial charge on any atom is 0.330 e. The molecule has 7 nitrogen and oxygen atoms in total. The van der Waals surface area contributed by atoms with Gasteiger partial charge in [-0.05, 0) is 56.4 Å². The summed E-state index contributed by atoms with van der Waals surface area (Å²) >= 11 is 1.42. The van der Waals surface area contributed by atoms with Crippen molar-refractivity contribution in [1.82, 2.24) is 4.90 Å². The molecular formula is C31H39NO6S. The normalized spacial score (nSPS) is 10.5. The van der Waals surface area contributed by atoms with Crippen LogP contribution in [-0.2, 0) is 23.9 Å². The highest BCUT2D eigenvalue weighted by molar-refractivity contribution is 8.00. The summed E-state index contributed by atoms with van der Waals surface area (Å²) in [4.78, 5) is 51.3. The molecule has 0 aliphatic carbocycles. The third-order valence-electron chi connectivity index (χ3n) is 5.95. The minimum atomic E-state index is -0.417. The molecule has 0 unspecified atom stereocenters. The van der Waals surface area contributed by atoms with Gasteiger partial charge in [-0.1, -0.05) is 50.3 Å². The number of esters is 2. The van der Waals surface area contributed by atoms with Gasteiger partial charge in [0, 0.05) is 35.2 Å². The number of rotatable bonds is 19. The van der Waals surface area contributed by atoms with Crippen molar-refractivity contribution in [2.75, 3.05) is 32.1 Å². The second-order valence-electron chi connectivity index (χ2n) is 9.00. The first kappa shape index (κ1) is 31.8. The molecule has 0 bridgehead atoms. The number of thioether (sulfide) groups is 1. The Kier molecular flexibility index (Phi) is 15.3. The summed E-state index contributed by atoms with van der Waals surface area (Å²) in [5.74, 6) is -0.530. The van der Waals surface area contributed by atoms with Gasteiger partial charge in [0.15, 0.2) is 5.78 Å². The van der Waals surface area contributed by atoms with Crippen molar-refractivity contribution in [3.63, 3.8) is 0 Å². The fourth-order valence-electron chi connectivity index (χ4n) is 3.68. The minimum absolute atomic E-state index is 0.0251. The van der Waals surface area contributed by atoms with E-state index in [-0.39, 0.29) is 29.8 Å². The van der Waals surface area contributed by atoms with Crippen LogP contribution in [0.2, 0.25) is 0 Å². The van der Waals surface area contributed by atoms with E-state index in [1.54, 1.807) is 29.2 Å². The summed E-state index contributed by atoms with van der Waals surface area (Å²) in [5, 5.41) is 0. The van der Waals surface area contributed by atoms with Crippen LogP contribution in [0.5, 0.6) is 0 Å². The number of unbranched alkanes of at least 4 members (excludes halogenated alkanes) is 4. The van der Waals surface area contributed by atoms with Gasteiger partial charge in [-0.15, -0.1) is 11.8 Å². The second kappa shape index (κ2) is 18.8. The van der Waals surface area contributed by atoms with Crippen LogP contribution in [0.4, 0.5) is 0 Å². The van der Waals surface area contributed by atoms with E-state index in [0.29, 0.717) is 37.4 Å². The topological polar surface area (TPSA) is 90.0 Å². The average Bonchev–Trinajstić information content (AvgIpc) is 2.97. The summed E-state index contributed by atoms with van der Waals surface area (Å²) < 4.78 is 10.2. The van der Waals surface area contributed by atoms with Gasteiger partial charge in [0.2, 0.25) is 5.91 Å². The van der Waals surface area contributed by atoms with Crippen LogP contribution in [0.1, 0.15) is 67.8 Å². The van der Waals surface area contributed by atoms with Crippen molar-refractivity contribution in [1.29, 1.82) is 0 Å². The fourth-order valence-corrected chi connectivity index (χ4v) is 4.48. The third kappa shape index (κ3) is 12.8. The minimum Gasteiger partial charge on any atom is -0.466 e. The molecule has 210 valence electrons. The number of benzene rings is 2. The predicted octanol–water partition coefficient (Wildman–Crippen LogP) is 5.86. The van der Waals surface area contributed by atoms with Crippen molar-refractivity contribution >= 4 is 35.4 Å². The lowest BCUT2D eigenvalue weighted by atomic mass is 10.0. The molecule has 0 atom stereocenters. The highest BCUT2D eigenvalue weighted by atomic mass is 32.2. The lowest BCUT2D eigenvalue weighted by molar-refractivity contribution is -0.144. The van der Waals surface area contributed by atoms with Gasteiger partial charge >= 0.3 is 11.9 Å². The van der Waals surface area contributed by atoms with Crippen molar-refractivity contribution in [2.45, 2.75) is 56.8 Å². The van der Waals surface area contributed by atoms with E-state index < -0.39 is 5.97 Å². The monoisotopic (exact) mass is 553 g/mol. The maximum atomic E-state index is 12.9. The molecule has 2 aromatic rings. The number of ether oxygens (including phenoxy) is 2. The first-order valence-corrected chi connectivity index (χ1v) is 14.5. The second-order valence-corrected chi connectivity index (χ2v) is 10.0. The summed E-state index contributed by atoms with van der Waals surface area (Å²) in [6.07, 6.45) is 6.37. The van der Waals surface area contributed by atoms with Gasteiger partial charge in [-0.25, -0.2) is 4.79 Å². The molecule has 0 fully saturated rings. The van der Waals surface area contributed by atoms with E-state index in [1.807, 2.05) is 30.3 Å². The Morgan fingerprint density at radius 2 is 1.46 bits per heavy atom. The smallest absolute Gasteiger partial charge is 0.330 e. The molecule has 0 aliphatic rings. The molecule has 2 aromatic carbocycles. The Hall–Kier alpha value is -3.39. The van der Waals surface area contributed by atoms with Gasteiger partial charge in [0.25, 0.3) is 0 Å². The average molecular weight is 554 g/mol. The van der Waals surface area contributed by atoms with Gasteiger partial charge in [-0.3, -0.25) is 14.4 Å². The van der Waals surface area contributed by atoms with E-state index in [2.05, 4.69) is 13.5 Å². The molecule has 0 radical (unpaired) electrons. The zero-order valence-corrected chi connectivity index (χ0v) is 23.6. The lowest BCUT2D eigenvalue weighted by Gasteiger charge is -2.22. The first-order valence-electron chi connectivity index (χ1n) is 13.5. The first-order chi connectivity index (χ1) is 18.9. The molecule has 0 heterocycles. The van der Waals surface area contributed by atoms with Crippen LogP contribution in [-0.4, -0.2) is 60.6 Å². The lowest BCUT2D eigenvalue weighted by Crippen LogP contribution is -2.35. The number of carbonyl (C=O) groups excluding carboxylic acids is 4. The van der Waals surface area contributed by atoms with Gasteiger partial charge in [-0.2, -0.15) is 0 Å². The van der Waals surface area contributed by atoms with E-state index >= 15 is 0 Å². The number of ketones is 1. The summed E-state index contributed by atoms with van der Waals surface area (Å²) in [5.41, 5.74) is 1.25. The SMILES string of the molecule is C=CC(=O)OCCCCCCOC(=O)CCN(CCCC)C(=O)CSc1ccc(C(=O)c2ccccc2)cc1. The Balaban J connectivity index is 1.70. The standard InChI is InChI=1S/C31H39NO6S/c1-3-5-20-32(21-19-30(35)38-23-12-7-6-11-22-37-29(34)4-2)28(33)24-39-27-17-15-26(16-18-27)31(36)25-13-9-8-10-14-25/h4,8-10,13-18H,2-3,5-7,11-12,19-24H2,1H3. The van der Waals surface area contributed by atoms with Crippen LogP contribution in [0.25, 0.3) is 0 Å². The molecule has 0 N–H and O–H groups in total. The van der Waals surface area contributed by atoms with Gasteiger partial charge in [0.1, 0.15) is 0 Å². The third-order valence-corrected chi connectivity index (χ3v) is 6.94. The molecule has 0 saturated carbocycles. The molecule has 0 aliphatic heterocycles. The number of amides is 1. The van der Waals surface area contributed by atoms with E-state index in [9.17, 15) is 19.2 Å². The molecule has 0 saturated heterocycles. The molecular weight excluding hydrogens is 514 g/mol. The largest absolute Gasteiger partial charge is 0.466 e.